The number of rotatable bonds is 8. The molecule has 0 radical (unpaired) electrons. The average Bonchev–Trinajstić information content (AvgIpc) is 3.44. The van der Waals surface area contributed by atoms with Crippen molar-refractivity contribution in [3.63, 3.8) is 0 Å². The summed E-state index contributed by atoms with van der Waals surface area (Å²) in [6.07, 6.45) is 1.15. The van der Waals surface area contributed by atoms with Crippen molar-refractivity contribution in [3.8, 4) is 28.6 Å². The molecular weight excluding hydrogens is 428 g/mol. The smallest absolute Gasteiger partial charge is 0.239 e. The summed E-state index contributed by atoms with van der Waals surface area (Å²) in [6, 6.07) is 15.2. The predicted octanol–water partition coefficient (Wildman–Crippen LogP) is 3.58. The normalized spacial score (nSPS) is 13.4. The van der Waals surface area contributed by atoms with Gasteiger partial charge in [-0.25, -0.2) is 0 Å². The van der Waals surface area contributed by atoms with Crippen molar-refractivity contribution in [1.29, 1.82) is 0 Å². The van der Waals surface area contributed by atoms with Gasteiger partial charge in [-0.2, -0.15) is 0 Å². The Morgan fingerprint density at radius 3 is 2.59 bits per heavy atom. The molecule has 0 spiro atoms. The van der Waals surface area contributed by atoms with Crippen molar-refractivity contribution >= 4 is 23.6 Å². The lowest BCUT2D eigenvalue weighted by Gasteiger charge is -2.15. The maximum absolute atomic E-state index is 12.6. The molecule has 2 aromatic carbocycles. The lowest BCUT2D eigenvalue weighted by atomic mass is 10.2. The number of nitrogens with zero attached hydrogens (tertiary/aromatic N) is 4. The van der Waals surface area contributed by atoms with Crippen LogP contribution in [0.5, 0.6) is 11.5 Å². The first-order valence-corrected chi connectivity index (χ1v) is 11.4. The molecule has 0 atom stereocenters. The summed E-state index contributed by atoms with van der Waals surface area (Å²) in [6.45, 7) is 3.00. The molecule has 0 N–H and O–H groups in total. The second-order valence-corrected chi connectivity index (χ2v) is 8.04. The molecule has 1 aromatic heterocycles. The number of thioether (sulfide) groups is 1. The SMILES string of the molecule is CCOc1ccc(-n2c(SCC(=O)N3CCCC3=O)nnc2-c2ccccc2OC)cc1. The summed E-state index contributed by atoms with van der Waals surface area (Å²) in [5, 5.41) is 9.31. The van der Waals surface area contributed by atoms with Gasteiger partial charge < -0.3 is 9.47 Å². The maximum atomic E-state index is 12.6. The molecule has 2 heterocycles. The highest BCUT2D eigenvalue weighted by Gasteiger charge is 2.27. The number of imide groups is 1. The molecule has 0 saturated carbocycles. The molecule has 1 saturated heterocycles. The van der Waals surface area contributed by atoms with Crippen LogP contribution >= 0.6 is 11.8 Å². The summed E-state index contributed by atoms with van der Waals surface area (Å²) in [5.74, 6) is 1.81. The number of carbonyl (C=O) groups excluding carboxylic acids is 2. The first kappa shape index (κ1) is 21.9. The first-order chi connectivity index (χ1) is 15.6. The maximum Gasteiger partial charge on any atom is 0.239 e. The minimum Gasteiger partial charge on any atom is -0.496 e. The molecule has 0 unspecified atom stereocenters. The van der Waals surface area contributed by atoms with Crippen molar-refractivity contribution in [2.75, 3.05) is 26.0 Å². The number of likely N-dealkylation sites (tertiary alicyclic amines) is 1. The minimum atomic E-state index is -0.211. The summed E-state index contributed by atoms with van der Waals surface area (Å²) in [4.78, 5) is 25.8. The Bertz CT molecular complexity index is 1110. The number of methoxy groups -OCH3 is 1. The van der Waals surface area contributed by atoms with E-state index >= 15 is 0 Å². The van der Waals surface area contributed by atoms with Crippen molar-refractivity contribution in [2.24, 2.45) is 0 Å². The van der Waals surface area contributed by atoms with Crippen LogP contribution in [-0.4, -0.2) is 57.5 Å². The van der Waals surface area contributed by atoms with Crippen molar-refractivity contribution in [3.05, 3.63) is 48.5 Å². The van der Waals surface area contributed by atoms with Crippen LogP contribution < -0.4 is 9.47 Å². The van der Waals surface area contributed by atoms with Crippen LogP contribution in [0.15, 0.2) is 53.7 Å². The highest BCUT2D eigenvalue weighted by Crippen LogP contribution is 2.33. The molecule has 1 aliphatic heterocycles. The number of para-hydroxylation sites is 1. The molecule has 1 aliphatic rings. The van der Waals surface area contributed by atoms with Crippen LogP contribution in [0.4, 0.5) is 0 Å². The van der Waals surface area contributed by atoms with E-state index in [1.807, 2.05) is 60.0 Å². The molecule has 32 heavy (non-hydrogen) atoms. The third-order valence-corrected chi connectivity index (χ3v) is 6.00. The molecular formula is C23H24N4O4S. The molecule has 166 valence electrons. The average molecular weight is 453 g/mol. The van der Waals surface area contributed by atoms with Gasteiger partial charge in [0.15, 0.2) is 11.0 Å². The molecule has 2 amide bonds. The Hall–Kier alpha value is -3.33. The number of aromatic nitrogens is 3. The highest BCUT2D eigenvalue weighted by molar-refractivity contribution is 7.99. The van der Waals surface area contributed by atoms with Gasteiger partial charge in [-0.3, -0.25) is 19.1 Å². The monoisotopic (exact) mass is 452 g/mol. The molecule has 0 bridgehead atoms. The number of ether oxygens (including phenoxy) is 2. The second-order valence-electron chi connectivity index (χ2n) is 7.10. The van der Waals surface area contributed by atoms with Gasteiger partial charge in [0.05, 0.1) is 30.7 Å². The summed E-state index contributed by atoms with van der Waals surface area (Å²) >= 11 is 1.26. The number of amides is 2. The number of hydrogen-bond donors (Lipinski definition) is 0. The van der Waals surface area contributed by atoms with Crippen LogP contribution in [0, 0.1) is 0 Å². The predicted molar refractivity (Wildman–Crippen MR) is 121 cm³/mol. The highest BCUT2D eigenvalue weighted by atomic mass is 32.2. The van der Waals surface area contributed by atoms with Crippen LogP contribution in [-0.2, 0) is 9.59 Å². The summed E-state index contributed by atoms with van der Waals surface area (Å²) < 4.78 is 13.0. The van der Waals surface area contributed by atoms with Crippen LogP contribution in [0.3, 0.4) is 0 Å². The van der Waals surface area contributed by atoms with Crippen LogP contribution in [0.25, 0.3) is 17.1 Å². The van der Waals surface area contributed by atoms with Gasteiger partial charge in [-0.15, -0.1) is 10.2 Å². The Kier molecular flexibility index (Phi) is 6.75. The van der Waals surface area contributed by atoms with Gasteiger partial charge in [0, 0.05) is 13.0 Å². The zero-order valence-electron chi connectivity index (χ0n) is 18.0. The first-order valence-electron chi connectivity index (χ1n) is 10.4. The van der Waals surface area contributed by atoms with Gasteiger partial charge in [0.1, 0.15) is 11.5 Å². The topological polar surface area (TPSA) is 86.6 Å². The standard InChI is InChI=1S/C23H24N4O4S/c1-3-31-17-12-10-16(11-13-17)27-22(18-7-4-5-8-19(18)30-2)24-25-23(27)32-15-21(29)26-14-6-9-20(26)28/h4-5,7-8,10-13H,3,6,9,14-15H2,1-2H3. The van der Waals surface area contributed by atoms with Crippen LogP contribution in [0.1, 0.15) is 19.8 Å². The van der Waals surface area contributed by atoms with Gasteiger partial charge in [0.25, 0.3) is 0 Å². The second kappa shape index (κ2) is 9.86. The van der Waals surface area contributed by atoms with E-state index in [0.29, 0.717) is 36.3 Å². The molecule has 9 heteroatoms. The molecule has 1 fully saturated rings. The zero-order chi connectivity index (χ0) is 22.5. The largest absolute Gasteiger partial charge is 0.496 e. The molecule has 3 aromatic rings. The Labute approximate surface area is 190 Å². The van der Waals surface area contributed by atoms with E-state index in [0.717, 1.165) is 23.4 Å². The molecule has 4 rings (SSSR count). The van der Waals surface area contributed by atoms with E-state index in [9.17, 15) is 9.59 Å². The van der Waals surface area contributed by atoms with E-state index < -0.39 is 0 Å². The third kappa shape index (κ3) is 4.47. The molecule has 8 nitrogen and oxygen atoms in total. The zero-order valence-corrected chi connectivity index (χ0v) is 18.8. The Morgan fingerprint density at radius 2 is 1.91 bits per heavy atom. The number of benzene rings is 2. The van der Waals surface area contributed by atoms with E-state index in [4.69, 9.17) is 9.47 Å². The van der Waals surface area contributed by atoms with E-state index in [1.54, 1.807) is 7.11 Å². The van der Waals surface area contributed by atoms with Gasteiger partial charge >= 0.3 is 0 Å². The third-order valence-electron chi connectivity index (χ3n) is 5.09. The van der Waals surface area contributed by atoms with E-state index in [-0.39, 0.29) is 17.6 Å². The van der Waals surface area contributed by atoms with Gasteiger partial charge in [-0.1, -0.05) is 23.9 Å². The Balaban J connectivity index is 1.69. The van der Waals surface area contributed by atoms with E-state index in [2.05, 4.69) is 10.2 Å². The summed E-state index contributed by atoms with van der Waals surface area (Å²) in [7, 11) is 1.61. The van der Waals surface area contributed by atoms with Gasteiger partial charge in [-0.05, 0) is 49.7 Å². The lowest BCUT2D eigenvalue weighted by molar-refractivity contribution is -0.140. The lowest BCUT2D eigenvalue weighted by Crippen LogP contribution is -2.33. The number of hydrogen-bond acceptors (Lipinski definition) is 7. The van der Waals surface area contributed by atoms with Crippen molar-refractivity contribution in [2.45, 2.75) is 24.9 Å². The van der Waals surface area contributed by atoms with Crippen molar-refractivity contribution < 1.29 is 19.1 Å². The fourth-order valence-corrected chi connectivity index (χ4v) is 4.40. The minimum absolute atomic E-state index is 0.104. The fraction of sp³-hybridized carbons (Fsp3) is 0.304. The summed E-state index contributed by atoms with van der Waals surface area (Å²) in [5.41, 5.74) is 1.61. The Morgan fingerprint density at radius 1 is 1.12 bits per heavy atom. The van der Waals surface area contributed by atoms with Crippen molar-refractivity contribution in [1.82, 2.24) is 19.7 Å². The number of carbonyl (C=O) groups is 2. The van der Waals surface area contributed by atoms with Gasteiger partial charge in [0.2, 0.25) is 11.8 Å². The fourth-order valence-electron chi connectivity index (χ4n) is 3.57. The quantitative estimate of drug-likeness (QED) is 0.483. The van der Waals surface area contributed by atoms with E-state index in [1.165, 1.54) is 16.7 Å². The van der Waals surface area contributed by atoms with Crippen LogP contribution in [0.2, 0.25) is 0 Å². The molecule has 0 aliphatic carbocycles.